The standard InChI is InChI=1S/C7H9F3O3/c1-5(6(11)12)2-3-13-4-7(8,9)10/h2H,3-4H2,1H3,(H,11,12). The van der Waals surface area contributed by atoms with Crippen molar-refractivity contribution in [2.75, 3.05) is 13.2 Å². The van der Waals surface area contributed by atoms with Gasteiger partial charge in [0.25, 0.3) is 0 Å². The molecule has 0 aliphatic rings. The maximum atomic E-state index is 11.5. The van der Waals surface area contributed by atoms with Crippen molar-refractivity contribution in [3.63, 3.8) is 0 Å². The normalized spacial score (nSPS) is 13.1. The van der Waals surface area contributed by atoms with Crippen molar-refractivity contribution in [2.45, 2.75) is 13.1 Å². The van der Waals surface area contributed by atoms with Crippen LogP contribution < -0.4 is 0 Å². The number of hydrogen-bond donors (Lipinski definition) is 1. The molecule has 0 amide bonds. The first-order valence-corrected chi connectivity index (χ1v) is 3.37. The van der Waals surface area contributed by atoms with Crippen LogP contribution in [0, 0.1) is 0 Å². The Morgan fingerprint density at radius 2 is 2.08 bits per heavy atom. The van der Waals surface area contributed by atoms with E-state index in [1.54, 1.807) is 0 Å². The van der Waals surface area contributed by atoms with Crippen molar-refractivity contribution >= 4 is 5.97 Å². The molecule has 0 unspecified atom stereocenters. The van der Waals surface area contributed by atoms with Gasteiger partial charge in [0.05, 0.1) is 6.61 Å². The van der Waals surface area contributed by atoms with Gasteiger partial charge >= 0.3 is 12.1 Å². The third kappa shape index (κ3) is 7.32. The molecule has 0 bridgehead atoms. The van der Waals surface area contributed by atoms with Crippen LogP contribution in [0.3, 0.4) is 0 Å². The number of carboxylic acid groups (broad SMARTS) is 1. The highest BCUT2D eigenvalue weighted by atomic mass is 19.4. The van der Waals surface area contributed by atoms with Crippen molar-refractivity contribution in [2.24, 2.45) is 0 Å². The molecule has 0 aromatic rings. The molecular weight excluding hydrogens is 189 g/mol. The fourth-order valence-corrected chi connectivity index (χ4v) is 0.446. The minimum absolute atomic E-state index is 0.0397. The van der Waals surface area contributed by atoms with Gasteiger partial charge in [-0.05, 0) is 13.0 Å². The monoisotopic (exact) mass is 198 g/mol. The number of carbonyl (C=O) groups is 1. The summed E-state index contributed by atoms with van der Waals surface area (Å²) in [6.07, 6.45) is -3.29. The summed E-state index contributed by atoms with van der Waals surface area (Å²) in [6, 6.07) is 0. The highest BCUT2D eigenvalue weighted by Gasteiger charge is 2.26. The van der Waals surface area contributed by atoms with E-state index in [9.17, 15) is 18.0 Å². The van der Waals surface area contributed by atoms with E-state index in [0.29, 0.717) is 0 Å². The summed E-state index contributed by atoms with van der Waals surface area (Å²) in [5.41, 5.74) is -0.0397. The lowest BCUT2D eigenvalue weighted by Gasteiger charge is -2.05. The summed E-state index contributed by atoms with van der Waals surface area (Å²) in [4.78, 5) is 10.1. The zero-order valence-electron chi connectivity index (χ0n) is 6.89. The number of hydrogen-bond acceptors (Lipinski definition) is 2. The molecule has 0 aromatic heterocycles. The number of aliphatic carboxylic acids is 1. The molecule has 0 rings (SSSR count). The Kier molecular flexibility index (Phi) is 4.47. The molecule has 0 radical (unpaired) electrons. The zero-order chi connectivity index (χ0) is 10.5. The first kappa shape index (κ1) is 12.0. The molecule has 0 saturated carbocycles. The molecular formula is C7H9F3O3. The second kappa shape index (κ2) is 4.86. The van der Waals surface area contributed by atoms with Gasteiger partial charge in [0.1, 0.15) is 6.61 Å². The highest BCUT2D eigenvalue weighted by Crippen LogP contribution is 2.14. The number of alkyl halides is 3. The summed E-state index contributed by atoms with van der Waals surface area (Å²) in [5, 5.41) is 8.30. The van der Waals surface area contributed by atoms with Crippen molar-refractivity contribution in [3.8, 4) is 0 Å². The summed E-state index contributed by atoms with van der Waals surface area (Å²) in [6.45, 7) is -0.437. The Bertz CT molecular complexity index is 208. The lowest BCUT2D eigenvalue weighted by atomic mass is 10.3. The number of ether oxygens (including phenoxy) is 1. The molecule has 0 atom stereocenters. The largest absolute Gasteiger partial charge is 0.478 e. The molecule has 1 N–H and O–H groups in total. The molecule has 0 heterocycles. The van der Waals surface area contributed by atoms with E-state index in [-0.39, 0.29) is 12.2 Å². The van der Waals surface area contributed by atoms with E-state index in [2.05, 4.69) is 4.74 Å². The van der Waals surface area contributed by atoms with Gasteiger partial charge in [0.2, 0.25) is 0 Å². The lowest BCUT2D eigenvalue weighted by Crippen LogP contribution is -2.17. The van der Waals surface area contributed by atoms with Crippen LogP contribution in [-0.2, 0) is 9.53 Å². The van der Waals surface area contributed by atoms with Crippen LogP contribution in [0.15, 0.2) is 11.6 Å². The Morgan fingerprint density at radius 3 is 2.46 bits per heavy atom. The molecule has 0 aromatic carbocycles. The first-order chi connectivity index (χ1) is 5.83. The lowest BCUT2D eigenvalue weighted by molar-refractivity contribution is -0.171. The van der Waals surface area contributed by atoms with E-state index in [1.165, 1.54) is 6.92 Å². The highest BCUT2D eigenvalue weighted by molar-refractivity contribution is 5.85. The van der Waals surface area contributed by atoms with Crippen LogP contribution in [0.2, 0.25) is 0 Å². The van der Waals surface area contributed by atoms with Gasteiger partial charge in [-0.1, -0.05) is 0 Å². The maximum absolute atomic E-state index is 11.5. The van der Waals surface area contributed by atoms with Gasteiger partial charge in [-0.25, -0.2) is 4.79 Å². The summed E-state index contributed by atoms with van der Waals surface area (Å²) >= 11 is 0. The summed E-state index contributed by atoms with van der Waals surface area (Å²) in [5.74, 6) is -1.17. The van der Waals surface area contributed by atoms with Gasteiger partial charge < -0.3 is 9.84 Å². The molecule has 0 aliphatic carbocycles. The quantitative estimate of drug-likeness (QED) is 0.551. The van der Waals surface area contributed by atoms with E-state index in [4.69, 9.17) is 5.11 Å². The number of rotatable bonds is 4. The van der Waals surface area contributed by atoms with Crippen LogP contribution >= 0.6 is 0 Å². The van der Waals surface area contributed by atoms with Crippen molar-refractivity contribution in [1.82, 2.24) is 0 Å². The minimum atomic E-state index is -4.37. The topological polar surface area (TPSA) is 46.5 Å². The molecule has 0 fully saturated rings. The fourth-order valence-electron chi connectivity index (χ4n) is 0.446. The van der Waals surface area contributed by atoms with Crippen LogP contribution in [0.1, 0.15) is 6.92 Å². The van der Waals surface area contributed by atoms with Crippen molar-refractivity contribution < 1.29 is 27.8 Å². The Balaban J connectivity index is 3.68. The molecule has 13 heavy (non-hydrogen) atoms. The number of halogens is 3. The van der Waals surface area contributed by atoms with Gasteiger partial charge in [0.15, 0.2) is 0 Å². The van der Waals surface area contributed by atoms with E-state index < -0.39 is 18.8 Å². The smallest absolute Gasteiger partial charge is 0.411 e. The molecule has 0 aliphatic heterocycles. The van der Waals surface area contributed by atoms with Gasteiger partial charge in [-0.2, -0.15) is 13.2 Å². The van der Waals surface area contributed by atoms with E-state index in [1.807, 2.05) is 0 Å². The second-order valence-corrected chi connectivity index (χ2v) is 2.32. The predicted octanol–water partition coefficient (Wildman–Crippen LogP) is 1.60. The Hall–Kier alpha value is -1.04. The van der Waals surface area contributed by atoms with E-state index >= 15 is 0 Å². The molecule has 0 spiro atoms. The average Bonchev–Trinajstić information content (AvgIpc) is 1.95. The fraction of sp³-hybridized carbons (Fsp3) is 0.571. The van der Waals surface area contributed by atoms with Crippen LogP contribution in [0.25, 0.3) is 0 Å². The Morgan fingerprint density at radius 1 is 1.54 bits per heavy atom. The summed E-state index contributed by atoms with van der Waals surface area (Å²) in [7, 11) is 0. The molecule has 0 saturated heterocycles. The minimum Gasteiger partial charge on any atom is -0.478 e. The zero-order valence-corrected chi connectivity index (χ0v) is 6.89. The maximum Gasteiger partial charge on any atom is 0.411 e. The third-order valence-corrected chi connectivity index (χ3v) is 1.11. The van der Waals surface area contributed by atoms with Gasteiger partial charge in [-0.3, -0.25) is 0 Å². The second-order valence-electron chi connectivity index (χ2n) is 2.32. The van der Waals surface area contributed by atoms with E-state index in [0.717, 1.165) is 6.08 Å². The summed E-state index contributed by atoms with van der Waals surface area (Å²) < 4.78 is 38.6. The van der Waals surface area contributed by atoms with Crippen molar-refractivity contribution in [1.29, 1.82) is 0 Å². The van der Waals surface area contributed by atoms with Crippen molar-refractivity contribution in [3.05, 3.63) is 11.6 Å². The Labute approximate surface area is 72.8 Å². The third-order valence-electron chi connectivity index (χ3n) is 1.11. The average molecular weight is 198 g/mol. The van der Waals surface area contributed by atoms with Gasteiger partial charge in [0, 0.05) is 5.57 Å². The SMILES string of the molecule is CC(=CCOCC(F)(F)F)C(=O)O. The first-order valence-electron chi connectivity index (χ1n) is 3.37. The molecule has 6 heteroatoms. The molecule has 3 nitrogen and oxygen atoms in total. The van der Waals surface area contributed by atoms with Crippen LogP contribution in [-0.4, -0.2) is 30.5 Å². The molecule has 76 valence electrons. The van der Waals surface area contributed by atoms with Gasteiger partial charge in [-0.15, -0.1) is 0 Å². The van der Waals surface area contributed by atoms with Crippen LogP contribution in [0.4, 0.5) is 13.2 Å². The van der Waals surface area contributed by atoms with Crippen LogP contribution in [0.5, 0.6) is 0 Å². The predicted molar refractivity (Wildman–Crippen MR) is 38.3 cm³/mol. The number of carboxylic acids is 1.